The Kier molecular flexibility index (Phi) is 3.34. The van der Waals surface area contributed by atoms with Crippen molar-refractivity contribution >= 4 is 49.5 Å². The van der Waals surface area contributed by atoms with E-state index in [4.69, 9.17) is 17.3 Å². The summed E-state index contributed by atoms with van der Waals surface area (Å²) in [6.45, 7) is 0. The van der Waals surface area contributed by atoms with Gasteiger partial charge in [0.15, 0.2) is 0 Å². The number of nitrogens with two attached hydrogens (primary N) is 1. The third-order valence-electron chi connectivity index (χ3n) is 2.57. The molecule has 3 aromatic rings. The molecule has 0 aliphatic heterocycles. The van der Waals surface area contributed by atoms with Crippen LogP contribution in [0.5, 0.6) is 0 Å². The van der Waals surface area contributed by atoms with Gasteiger partial charge in [-0.3, -0.25) is 0 Å². The van der Waals surface area contributed by atoms with Crippen LogP contribution in [-0.2, 0) is 6.18 Å². The number of anilines is 1. The van der Waals surface area contributed by atoms with Crippen molar-refractivity contribution < 1.29 is 13.2 Å². The van der Waals surface area contributed by atoms with Crippen LogP contribution in [-0.4, -0.2) is 19.8 Å². The summed E-state index contributed by atoms with van der Waals surface area (Å²) in [5.41, 5.74) is 6.57. The Morgan fingerprint density at radius 1 is 1.29 bits per heavy atom. The highest BCUT2D eigenvalue weighted by molar-refractivity contribution is 9.10. The van der Waals surface area contributed by atoms with Crippen molar-refractivity contribution in [2.75, 3.05) is 5.73 Å². The van der Waals surface area contributed by atoms with Gasteiger partial charge in [0, 0.05) is 10.0 Å². The molecule has 0 amide bonds. The van der Waals surface area contributed by atoms with Crippen LogP contribution in [0.3, 0.4) is 0 Å². The van der Waals surface area contributed by atoms with Gasteiger partial charge in [-0.15, -0.1) is 10.2 Å². The average molecular weight is 399 g/mol. The molecule has 3 rings (SSSR count). The second kappa shape index (κ2) is 4.82. The van der Waals surface area contributed by atoms with Gasteiger partial charge in [-0.2, -0.15) is 22.8 Å². The van der Waals surface area contributed by atoms with Gasteiger partial charge < -0.3 is 5.73 Å². The maximum atomic E-state index is 12.7. The Bertz CT molecular complexity index is 820. The van der Waals surface area contributed by atoms with Crippen LogP contribution < -0.4 is 5.73 Å². The van der Waals surface area contributed by atoms with Gasteiger partial charge in [0.05, 0.1) is 10.7 Å². The fourth-order valence-corrected chi connectivity index (χ4v) is 3.24. The number of aromatic nitrogens is 4. The first-order valence-electron chi connectivity index (χ1n) is 5.31. The van der Waals surface area contributed by atoms with E-state index in [1.807, 2.05) is 0 Å². The van der Waals surface area contributed by atoms with Crippen LogP contribution in [0.1, 0.15) is 5.82 Å². The molecular weight excluding hydrogens is 395 g/mol. The van der Waals surface area contributed by atoms with Crippen molar-refractivity contribution in [2.45, 2.75) is 6.18 Å². The number of hydrogen-bond donors (Lipinski definition) is 1. The van der Waals surface area contributed by atoms with Gasteiger partial charge in [0.1, 0.15) is 5.01 Å². The molecule has 2 N–H and O–H groups in total. The third-order valence-corrected chi connectivity index (χ3v) is 4.49. The number of benzene rings is 1. The number of hydrogen-bond acceptors (Lipinski definition) is 5. The molecule has 0 spiro atoms. The van der Waals surface area contributed by atoms with E-state index in [2.05, 4.69) is 31.2 Å². The molecular formula is C10H4BrClF3N5S. The molecule has 110 valence electrons. The third kappa shape index (κ3) is 2.47. The minimum absolute atomic E-state index is 0.0430. The van der Waals surface area contributed by atoms with Crippen molar-refractivity contribution in [3.05, 3.63) is 27.5 Å². The summed E-state index contributed by atoms with van der Waals surface area (Å²) < 4.78 is 39.4. The van der Waals surface area contributed by atoms with E-state index in [0.29, 0.717) is 25.2 Å². The van der Waals surface area contributed by atoms with Crippen molar-refractivity contribution in [2.24, 2.45) is 0 Å². The fraction of sp³-hybridized carbons (Fsp3) is 0.100. The highest BCUT2D eigenvalue weighted by atomic mass is 79.9. The van der Waals surface area contributed by atoms with Gasteiger partial charge in [0.2, 0.25) is 4.96 Å². The van der Waals surface area contributed by atoms with E-state index in [1.165, 1.54) is 6.07 Å². The second-order valence-corrected chi connectivity index (χ2v) is 6.19. The van der Waals surface area contributed by atoms with E-state index in [9.17, 15) is 13.2 Å². The molecule has 1 aromatic carbocycles. The number of rotatable bonds is 1. The minimum Gasteiger partial charge on any atom is -0.397 e. The van der Waals surface area contributed by atoms with Crippen LogP contribution in [0, 0.1) is 0 Å². The Morgan fingerprint density at radius 2 is 2.00 bits per heavy atom. The molecule has 0 aliphatic carbocycles. The zero-order valence-electron chi connectivity index (χ0n) is 9.82. The first kappa shape index (κ1) is 14.5. The van der Waals surface area contributed by atoms with Crippen LogP contribution in [0.25, 0.3) is 15.5 Å². The Morgan fingerprint density at radius 3 is 2.62 bits per heavy atom. The molecule has 5 nitrogen and oxygen atoms in total. The first-order chi connectivity index (χ1) is 9.77. The van der Waals surface area contributed by atoms with Crippen LogP contribution in [0.2, 0.25) is 5.02 Å². The smallest absolute Gasteiger partial charge is 0.397 e. The van der Waals surface area contributed by atoms with Gasteiger partial charge in [-0.05, 0) is 28.1 Å². The zero-order valence-corrected chi connectivity index (χ0v) is 13.0. The topological polar surface area (TPSA) is 69.1 Å². The lowest BCUT2D eigenvalue weighted by molar-refractivity contribution is -0.146. The SMILES string of the molecule is Nc1c(Cl)cc(-c2nn3c(C(F)(F)F)nnc3s2)cc1Br. The van der Waals surface area contributed by atoms with Crippen molar-refractivity contribution in [3.63, 3.8) is 0 Å². The quantitative estimate of drug-likeness (QED) is 0.632. The largest absolute Gasteiger partial charge is 0.453 e. The van der Waals surface area contributed by atoms with Crippen LogP contribution in [0.15, 0.2) is 16.6 Å². The summed E-state index contributed by atoms with van der Waals surface area (Å²) >= 11 is 10.1. The van der Waals surface area contributed by atoms with Crippen molar-refractivity contribution in [1.29, 1.82) is 0 Å². The van der Waals surface area contributed by atoms with E-state index in [0.717, 1.165) is 11.3 Å². The molecule has 11 heteroatoms. The Labute approximate surface area is 132 Å². The fourth-order valence-electron chi connectivity index (χ4n) is 1.62. The van der Waals surface area contributed by atoms with Gasteiger partial charge in [-0.25, -0.2) is 0 Å². The summed E-state index contributed by atoms with van der Waals surface area (Å²) in [7, 11) is 0. The summed E-state index contributed by atoms with van der Waals surface area (Å²) in [6.07, 6.45) is -4.62. The summed E-state index contributed by atoms with van der Waals surface area (Å²) in [5.74, 6) is -1.17. The number of nitrogen functional groups attached to an aromatic ring is 1. The van der Waals surface area contributed by atoms with Crippen molar-refractivity contribution in [1.82, 2.24) is 19.8 Å². The van der Waals surface area contributed by atoms with Crippen molar-refractivity contribution in [3.8, 4) is 10.6 Å². The average Bonchev–Trinajstić information content (AvgIpc) is 2.93. The normalized spacial score (nSPS) is 12.2. The molecule has 0 saturated carbocycles. The van der Waals surface area contributed by atoms with E-state index in [-0.39, 0.29) is 9.98 Å². The molecule has 0 saturated heterocycles. The molecule has 0 atom stereocenters. The summed E-state index contributed by atoms with van der Waals surface area (Å²) in [5, 5.41) is 11.1. The lowest BCUT2D eigenvalue weighted by Gasteiger charge is -2.04. The van der Waals surface area contributed by atoms with Gasteiger partial charge in [0.25, 0.3) is 5.82 Å². The summed E-state index contributed by atoms with van der Waals surface area (Å²) in [4.78, 5) is 0.0430. The van der Waals surface area contributed by atoms with Gasteiger partial charge >= 0.3 is 6.18 Å². The Hall–Kier alpha value is -1.39. The molecule has 0 unspecified atom stereocenters. The monoisotopic (exact) mass is 397 g/mol. The second-order valence-electron chi connectivity index (χ2n) is 3.98. The zero-order chi connectivity index (χ0) is 15.4. The molecule has 2 aromatic heterocycles. The van der Waals surface area contributed by atoms with Crippen LogP contribution >= 0.6 is 38.9 Å². The lowest BCUT2D eigenvalue weighted by atomic mass is 10.2. The lowest BCUT2D eigenvalue weighted by Crippen LogP contribution is -2.11. The standard InChI is InChI=1S/C10H4BrClF3N5S/c11-4-1-3(2-5(12)6(4)16)7-19-20-8(10(13,14)15)17-18-9(20)21-7/h1-2H,16H2. The number of alkyl halides is 3. The molecule has 0 radical (unpaired) electrons. The first-order valence-corrected chi connectivity index (χ1v) is 7.30. The van der Waals surface area contributed by atoms with E-state index >= 15 is 0 Å². The van der Waals surface area contributed by atoms with E-state index in [1.54, 1.807) is 6.07 Å². The maximum absolute atomic E-state index is 12.7. The highest BCUT2D eigenvalue weighted by Gasteiger charge is 2.38. The van der Waals surface area contributed by atoms with Crippen LogP contribution in [0.4, 0.5) is 18.9 Å². The van der Waals surface area contributed by atoms with Gasteiger partial charge in [-0.1, -0.05) is 22.9 Å². The maximum Gasteiger partial charge on any atom is 0.453 e. The molecule has 0 bridgehead atoms. The summed E-state index contributed by atoms with van der Waals surface area (Å²) in [6, 6.07) is 3.15. The Balaban J connectivity index is 2.16. The molecule has 0 fully saturated rings. The van der Waals surface area contributed by atoms with E-state index < -0.39 is 12.0 Å². The molecule has 2 heterocycles. The molecule has 0 aliphatic rings. The predicted molar refractivity (Wildman–Crippen MR) is 76.2 cm³/mol. The molecule has 21 heavy (non-hydrogen) atoms. The predicted octanol–water partition coefficient (Wildman–Crippen LogP) is 3.87. The number of nitrogens with zero attached hydrogens (tertiary/aromatic N) is 4. The number of halogens is 5. The minimum atomic E-state index is -4.62. The highest BCUT2D eigenvalue weighted by Crippen LogP contribution is 2.36. The number of fused-ring (bicyclic) bond motifs is 1.